The van der Waals surface area contributed by atoms with E-state index in [0.29, 0.717) is 31.7 Å². The minimum atomic E-state index is -0.951. The Kier molecular flexibility index (Phi) is 16.3. The molecular weight excluding hydrogens is 663 g/mol. The molecule has 5 N–H and O–H groups in total. The number of rotatable bonds is 6. The van der Waals surface area contributed by atoms with Crippen molar-refractivity contribution < 1.29 is 38.9 Å². The van der Waals surface area contributed by atoms with Crippen molar-refractivity contribution in [1.29, 1.82) is 0 Å². The summed E-state index contributed by atoms with van der Waals surface area (Å²) in [6.45, 7) is 2.09. The molecule has 2 aromatic carbocycles. The summed E-state index contributed by atoms with van der Waals surface area (Å²) in [6, 6.07) is 13.1. The molecule has 2 fully saturated rings. The molecule has 0 aliphatic carbocycles. The van der Waals surface area contributed by atoms with Gasteiger partial charge in [0, 0.05) is 29.9 Å². The first-order chi connectivity index (χ1) is 17.5. The van der Waals surface area contributed by atoms with Gasteiger partial charge in [0.2, 0.25) is 0 Å². The number of nitrogens with zero attached hydrogens (tertiary/aromatic N) is 2. The molecule has 0 radical (unpaired) electrons. The lowest BCUT2D eigenvalue weighted by Crippen LogP contribution is -2.24. The van der Waals surface area contributed by atoms with Crippen molar-refractivity contribution in [3.05, 3.63) is 63.2 Å². The first-order valence-corrected chi connectivity index (χ1v) is 12.2. The normalized spacial score (nSPS) is 17.1. The van der Waals surface area contributed by atoms with Gasteiger partial charge in [0.05, 0.1) is 30.8 Å². The average Bonchev–Trinajstić information content (AvgIpc) is 3.38. The van der Waals surface area contributed by atoms with Crippen molar-refractivity contribution in [2.24, 2.45) is 5.73 Å². The van der Waals surface area contributed by atoms with Gasteiger partial charge in [-0.1, -0.05) is 0 Å². The van der Waals surface area contributed by atoms with Crippen LogP contribution in [0, 0.1) is 3.57 Å². The van der Waals surface area contributed by atoms with Gasteiger partial charge < -0.3 is 40.5 Å². The summed E-state index contributed by atoms with van der Waals surface area (Å²) >= 11 is 2.13. The van der Waals surface area contributed by atoms with Gasteiger partial charge in [0.15, 0.2) is 0 Å². The molecule has 0 aromatic heterocycles. The Morgan fingerprint density at radius 3 is 1.62 bits per heavy atom. The number of hydrogen-bond donors (Lipinski definition) is 4. The molecule has 39 heavy (non-hydrogen) atoms. The maximum absolute atomic E-state index is 11.1. The molecule has 2 aromatic rings. The van der Waals surface area contributed by atoms with Crippen LogP contribution in [0.25, 0.3) is 0 Å². The van der Waals surface area contributed by atoms with Crippen LogP contribution in [0.1, 0.15) is 20.7 Å². The zero-order chi connectivity index (χ0) is 27.5. The van der Waals surface area contributed by atoms with Crippen molar-refractivity contribution in [3.8, 4) is 0 Å². The third-order valence-electron chi connectivity index (χ3n) is 5.13. The summed E-state index contributed by atoms with van der Waals surface area (Å²) in [6.07, 6.45) is -0.863. The largest absolute Gasteiger partial charge is 0.478 e. The van der Waals surface area contributed by atoms with Crippen LogP contribution in [0.15, 0.2) is 48.5 Å². The quantitative estimate of drug-likeness (QED) is 0.330. The molecule has 2 aliphatic heterocycles. The minimum absolute atomic E-state index is 0. The topological polar surface area (TPSA) is 172 Å². The molecule has 12 nitrogen and oxygen atoms in total. The van der Waals surface area contributed by atoms with Crippen LogP contribution in [0.4, 0.5) is 15.3 Å². The lowest BCUT2D eigenvalue weighted by Gasteiger charge is -2.10. The monoisotopic (exact) mass is 696 g/mol. The van der Waals surface area contributed by atoms with E-state index in [4.69, 9.17) is 25.4 Å². The highest BCUT2D eigenvalue weighted by molar-refractivity contribution is 14.1. The molecule has 4 rings (SSSR count). The van der Waals surface area contributed by atoms with Crippen LogP contribution in [0.2, 0.25) is 0 Å². The van der Waals surface area contributed by atoms with Crippen LogP contribution < -0.4 is 11.1 Å². The van der Waals surface area contributed by atoms with Crippen LogP contribution >= 0.6 is 49.6 Å². The maximum atomic E-state index is 11.1. The highest BCUT2D eigenvalue weighted by atomic mass is 127. The highest BCUT2D eigenvalue weighted by Crippen LogP contribution is 2.13. The first-order valence-electron chi connectivity index (χ1n) is 11.1. The summed E-state index contributed by atoms with van der Waals surface area (Å²) in [4.78, 5) is 45.7. The molecule has 216 valence electrons. The van der Waals surface area contributed by atoms with Crippen LogP contribution in [0.3, 0.4) is 0 Å². The van der Waals surface area contributed by atoms with E-state index >= 15 is 0 Å². The van der Waals surface area contributed by atoms with E-state index < -0.39 is 11.9 Å². The number of cyclic esters (lactones) is 2. The van der Waals surface area contributed by atoms with Crippen molar-refractivity contribution in [1.82, 2.24) is 9.80 Å². The number of likely N-dealkylation sites (N-methyl/N-ethyl adjacent to an activating group) is 2. The summed E-state index contributed by atoms with van der Waals surface area (Å²) in [5.41, 5.74) is 6.63. The van der Waals surface area contributed by atoms with E-state index in [1.54, 1.807) is 50.5 Å². The standard InChI is InChI=1S/C12H14N2O4.C7H5IO2.C5H10N2O2.2H2S/c1-14-7-10(18-12(14)17)6-13-9-4-2-8(3-5-9)11(15)16;8-6-3-1-5(2-4-6)7(9)10;1-7-3-4(2-6)9-5(7)8;;/h2-5,10,13H,6-7H2,1H3,(H,15,16);1-4H,(H,9,10);4H,2-3,6H2,1H3;2*1H2/t10-;;4-;;/m0.0../s1. The predicted octanol–water partition coefficient (Wildman–Crippen LogP) is 2.86. The Hall–Kier alpha value is -2.89. The van der Waals surface area contributed by atoms with Gasteiger partial charge in [0.25, 0.3) is 0 Å². The van der Waals surface area contributed by atoms with E-state index in [1.807, 2.05) is 0 Å². The predicted molar refractivity (Wildman–Crippen MR) is 164 cm³/mol. The van der Waals surface area contributed by atoms with Gasteiger partial charge in [-0.3, -0.25) is 0 Å². The third kappa shape index (κ3) is 12.2. The molecule has 15 heteroatoms. The van der Waals surface area contributed by atoms with Gasteiger partial charge in [0.1, 0.15) is 12.2 Å². The van der Waals surface area contributed by atoms with Gasteiger partial charge in [-0.15, -0.1) is 0 Å². The Morgan fingerprint density at radius 2 is 1.28 bits per heavy atom. The summed E-state index contributed by atoms with van der Waals surface area (Å²) < 4.78 is 10.9. The first kappa shape index (κ1) is 36.1. The number of carbonyl (C=O) groups excluding carboxylic acids is 2. The molecular formula is C24H33IN4O8S2. The molecule has 2 atom stereocenters. The summed E-state index contributed by atoms with van der Waals surface area (Å²) in [5, 5.41) is 20.3. The smallest absolute Gasteiger partial charge is 0.410 e. The summed E-state index contributed by atoms with van der Waals surface area (Å²) in [7, 11) is 3.38. The fraction of sp³-hybridized carbons (Fsp3) is 0.333. The van der Waals surface area contributed by atoms with Gasteiger partial charge in [-0.05, 0) is 71.1 Å². The lowest BCUT2D eigenvalue weighted by atomic mass is 10.2. The highest BCUT2D eigenvalue weighted by Gasteiger charge is 2.28. The molecule has 0 unspecified atom stereocenters. The number of nitrogens with two attached hydrogens (primary N) is 1. The summed E-state index contributed by atoms with van der Waals surface area (Å²) in [5.74, 6) is -1.83. The van der Waals surface area contributed by atoms with Gasteiger partial charge >= 0.3 is 24.1 Å². The number of carbonyl (C=O) groups is 4. The number of amides is 2. The Balaban J connectivity index is 0.000000589. The minimum Gasteiger partial charge on any atom is -0.478 e. The molecule has 0 spiro atoms. The number of ether oxygens (including phenoxy) is 2. The maximum Gasteiger partial charge on any atom is 0.410 e. The number of aromatic carboxylic acids is 2. The van der Waals surface area contributed by atoms with Crippen LogP contribution in [-0.2, 0) is 9.47 Å². The second kappa shape index (κ2) is 17.6. The Labute approximate surface area is 253 Å². The fourth-order valence-electron chi connectivity index (χ4n) is 3.08. The average molecular weight is 697 g/mol. The lowest BCUT2D eigenvalue weighted by molar-refractivity contribution is 0.0686. The van der Waals surface area contributed by atoms with Crippen molar-refractivity contribution in [2.45, 2.75) is 12.2 Å². The number of nitrogens with one attached hydrogen (secondary N) is 1. The molecule has 2 amide bonds. The second-order valence-electron chi connectivity index (χ2n) is 8.08. The zero-order valence-electron chi connectivity index (χ0n) is 21.3. The fourth-order valence-corrected chi connectivity index (χ4v) is 3.44. The number of anilines is 1. The molecule has 0 saturated carbocycles. The third-order valence-corrected chi connectivity index (χ3v) is 5.85. The van der Waals surface area contributed by atoms with E-state index in [2.05, 4.69) is 27.9 Å². The van der Waals surface area contributed by atoms with E-state index in [1.165, 1.54) is 21.9 Å². The molecule has 2 saturated heterocycles. The van der Waals surface area contributed by atoms with E-state index in [0.717, 1.165) is 9.26 Å². The van der Waals surface area contributed by atoms with Gasteiger partial charge in [-0.25, -0.2) is 19.2 Å². The molecule has 2 aliphatic rings. The van der Waals surface area contributed by atoms with E-state index in [-0.39, 0.29) is 56.9 Å². The Morgan fingerprint density at radius 1 is 0.872 bits per heavy atom. The number of carboxylic acids is 2. The molecule has 2 heterocycles. The second-order valence-corrected chi connectivity index (χ2v) is 9.33. The van der Waals surface area contributed by atoms with Crippen molar-refractivity contribution in [3.63, 3.8) is 0 Å². The van der Waals surface area contributed by atoms with Crippen molar-refractivity contribution >= 4 is 79.4 Å². The number of halogens is 1. The number of carboxylic acid groups (broad SMARTS) is 2. The van der Waals surface area contributed by atoms with Crippen LogP contribution in [0.5, 0.6) is 0 Å². The number of benzene rings is 2. The van der Waals surface area contributed by atoms with E-state index in [9.17, 15) is 19.2 Å². The SMILES string of the molecule is CN1C[C@H](CN)OC1=O.CN1C[C@H](CNc2ccc(C(=O)O)cc2)OC1=O.O=C(O)c1ccc(I)cc1.S.S. The van der Waals surface area contributed by atoms with Crippen molar-refractivity contribution in [2.75, 3.05) is 45.6 Å². The Bertz CT molecular complexity index is 1090. The van der Waals surface area contributed by atoms with Gasteiger partial charge in [-0.2, -0.15) is 27.0 Å². The number of hydrogen-bond acceptors (Lipinski definition) is 8. The molecule has 0 bridgehead atoms. The zero-order valence-corrected chi connectivity index (χ0v) is 25.5. The van der Waals surface area contributed by atoms with Crippen LogP contribution in [-0.4, -0.2) is 96.6 Å².